The van der Waals surface area contributed by atoms with Crippen LogP contribution in [0.1, 0.15) is 29.8 Å². The van der Waals surface area contributed by atoms with E-state index in [4.69, 9.17) is 31.4 Å². The fraction of sp³-hybridized carbons (Fsp3) is 0.125. The summed E-state index contributed by atoms with van der Waals surface area (Å²) in [7, 11) is 0. The molecule has 0 spiro atoms. The van der Waals surface area contributed by atoms with Gasteiger partial charge in [-0.3, -0.25) is 0 Å². The first-order valence-electron chi connectivity index (χ1n) is 13.4. The zero-order valence-corrected chi connectivity index (χ0v) is 23.2. The highest BCUT2D eigenvalue weighted by atomic mass is 35.5. The number of aryl methyl sites for hydroxylation is 1. The molecule has 202 valence electrons. The summed E-state index contributed by atoms with van der Waals surface area (Å²) < 4.78 is 7.72. The Morgan fingerprint density at radius 1 is 0.927 bits per heavy atom. The van der Waals surface area contributed by atoms with Crippen molar-refractivity contribution < 1.29 is 4.74 Å². The Kier molecular flexibility index (Phi) is 6.24. The molecule has 0 fully saturated rings. The van der Waals surface area contributed by atoms with Crippen molar-refractivity contribution >= 4 is 46.2 Å². The number of benzene rings is 3. The van der Waals surface area contributed by atoms with E-state index < -0.39 is 0 Å². The number of para-hydroxylation sites is 4. The Balaban J connectivity index is 1.49. The van der Waals surface area contributed by atoms with E-state index in [0.29, 0.717) is 34.9 Å². The van der Waals surface area contributed by atoms with E-state index in [9.17, 15) is 0 Å². The van der Waals surface area contributed by atoms with Gasteiger partial charge >= 0.3 is 0 Å². The SMILES string of the molecule is CCOc1ccccc1NC1=Nc2ccccc2N2C1=Nc1c(c(C)nn1-c1ccccn1)[C@@H]2c1cccc(Cl)c1. The average Bonchev–Trinajstić information content (AvgIpc) is 3.33. The highest BCUT2D eigenvalue weighted by molar-refractivity contribution is 6.51. The van der Waals surface area contributed by atoms with Crippen LogP contribution in [0, 0.1) is 6.92 Å². The number of pyridine rings is 1. The Morgan fingerprint density at radius 3 is 2.59 bits per heavy atom. The molecule has 0 radical (unpaired) electrons. The number of nitrogens with one attached hydrogen (secondary N) is 1. The number of amidine groups is 2. The summed E-state index contributed by atoms with van der Waals surface area (Å²) >= 11 is 6.56. The maximum Gasteiger partial charge on any atom is 0.179 e. The van der Waals surface area contributed by atoms with Crippen molar-refractivity contribution in [1.29, 1.82) is 0 Å². The number of fused-ring (bicyclic) bond motifs is 4. The fourth-order valence-corrected chi connectivity index (χ4v) is 5.61. The van der Waals surface area contributed by atoms with Gasteiger partial charge in [0.15, 0.2) is 23.3 Å². The molecule has 2 aliphatic heterocycles. The van der Waals surface area contributed by atoms with Crippen LogP contribution in [0.15, 0.2) is 107 Å². The minimum atomic E-state index is -0.274. The second kappa shape index (κ2) is 10.2. The molecule has 5 aromatic rings. The molecule has 41 heavy (non-hydrogen) atoms. The van der Waals surface area contributed by atoms with Crippen LogP contribution in [0.25, 0.3) is 5.82 Å². The Labute approximate surface area is 242 Å². The van der Waals surface area contributed by atoms with Gasteiger partial charge in [0.05, 0.1) is 35.4 Å². The summed E-state index contributed by atoms with van der Waals surface area (Å²) in [5, 5.41) is 9.12. The molecule has 1 atom stereocenters. The topological polar surface area (TPSA) is 79.9 Å². The lowest BCUT2D eigenvalue weighted by Gasteiger charge is -2.40. The van der Waals surface area contributed by atoms with Crippen molar-refractivity contribution in [2.45, 2.75) is 19.9 Å². The van der Waals surface area contributed by atoms with E-state index in [1.807, 2.05) is 92.7 Å². The van der Waals surface area contributed by atoms with Crippen LogP contribution in [0.2, 0.25) is 5.02 Å². The molecule has 0 saturated heterocycles. The number of ether oxygens (including phenoxy) is 1. The summed E-state index contributed by atoms with van der Waals surface area (Å²) in [5.74, 6) is 3.37. The number of nitrogens with zero attached hydrogens (tertiary/aromatic N) is 6. The summed E-state index contributed by atoms with van der Waals surface area (Å²) in [4.78, 5) is 17.1. The first kappa shape index (κ1) is 25.0. The predicted octanol–water partition coefficient (Wildman–Crippen LogP) is 7.42. The van der Waals surface area contributed by atoms with Crippen molar-refractivity contribution in [2.24, 2.45) is 9.98 Å². The van der Waals surface area contributed by atoms with Crippen molar-refractivity contribution in [3.05, 3.63) is 119 Å². The highest BCUT2D eigenvalue weighted by Gasteiger charge is 2.41. The summed E-state index contributed by atoms with van der Waals surface area (Å²) in [6.45, 7) is 4.53. The lowest BCUT2D eigenvalue weighted by Crippen LogP contribution is -2.46. The van der Waals surface area contributed by atoms with Gasteiger partial charge in [-0.05, 0) is 67.9 Å². The lowest BCUT2D eigenvalue weighted by molar-refractivity contribution is 0.342. The average molecular weight is 560 g/mol. The number of hydrogen-bond donors (Lipinski definition) is 1. The van der Waals surface area contributed by atoms with Gasteiger partial charge in [0.2, 0.25) is 0 Å². The van der Waals surface area contributed by atoms with E-state index in [1.165, 1.54) is 0 Å². The number of aliphatic imine (C=N–C) groups is 2. The molecule has 4 heterocycles. The third kappa shape index (κ3) is 4.33. The molecule has 9 heteroatoms. The van der Waals surface area contributed by atoms with E-state index in [0.717, 1.165) is 39.6 Å². The van der Waals surface area contributed by atoms with Crippen LogP contribution in [0.5, 0.6) is 5.75 Å². The van der Waals surface area contributed by atoms with E-state index >= 15 is 0 Å². The van der Waals surface area contributed by atoms with Gasteiger partial charge in [-0.15, -0.1) is 0 Å². The largest absolute Gasteiger partial charge is 0.492 e. The van der Waals surface area contributed by atoms with Gasteiger partial charge in [-0.25, -0.2) is 15.0 Å². The van der Waals surface area contributed by atoms with Gasteiger partial charge in [0.1, 0.15) is 5.75 Å². The predicted molar refractivity (Wildman–Crippen MR) is 164 cm³/mol. The van der Waals surface area contributed by atoms with Crippen LogP contribution in [0.3, 0.4) is 0 Å². The van der Waals surface area contributed by atoms with Crippen molar-refractivity contribution in [1.82, 2.24) is 14.8 Å². The number of halogens is 1. The quantitative estimate of drug-likeness (QED) is 0.242. The van der Waals surface area contributed by atoms with Crippen LogP contribution < -0.4 is 15.0 Å². The molecule has 0 unspecified atom stereocenters. The van der Waals surface area contributed by atoms with E-state index in [-0.39, 0.29) is 6.04 Å². The maximum atomic E-state index is 6.56. The molecule has 0 aliphatic carbocycles. The second-order valence-corrected chi connectivity index (χ2v) is 10.1. The Hall–Kier alpha value is -4.95. The molecular weight excluding hydrogens is 534 g/mol. The standard InChI is InChI=1S/C32H26ClN7O/c1-3-41-26-16-7-5-14-24(26)36-30-32-37-31-28(20(2)38-40(31)27-17-8-9-18-34-27)29(21-11-10-12-22(33)19-21)39(32)25-15-6-4-13-23(25)35-30/h4-19,29H,3H2,1-2H3,(H,35,36)/t29-/m0/s1. The number of hydrogen-bond acceptors (Lipinski definition) is 7. The smallest absolute Gasteiger partial charge is 0.179 e. The maximum absolute atomic E-state index is 6.56. The van der Waals surface area contributed by atoms with E-state index in [2.05, 4.69) is 27.3 Å². The molecule has 0 amide bonds. The molecule has 0 saturated carbocycles. The van der Waals surface area contributed by atoms with Crippen molar-refractivity contribution in [3.63, 3.8) is 0 Å². The lowest BCUT2D eigenvalue weighted by atomic mass is 9.93. The molecule has 3 aromatic carbocycles. The molecule has 0 bridgehead atoms. The summed E-state index contributed by atoms with van der Waals surface area (Å²) in [6, 6.07) is 29.4. The van der Waals surface area contributed by atoms with Crippen molar-refractivity contribution in [3.8, 4) is 11.6 Å². The van der Waals surface area contributed by atoms with Crippen LogP contribution >= 0.6 is 11.6 Å². The first-order chi connectivity index (χ1) is 20.1. The minimum Gasteiger partial charge on any atom is -0.492 e. The molecule has 2 aromatic heterocycles. The zero-order chi connectivity index (χ0) is 27.9. The summed E-state index contributed by atoms with van der Waals surface area (Å²) in [6.07, 6.45) is 1.76. The second-order valence-electron chi connectivity index (χ2n) is 9.69. The normalized spacial score (nSPS) is 15.3. The molecular formula is C32H26ClN7O. The van der Waals surface area contributed by atoms with Gasteiger partial charge in [-0.2, -0.15) is 9.78 Å². The van der Waals surface area contributed by atoms with Gasteiger partial charge in [-0.1, -0.05) is 54.1 Å². The van der Waals surface area contributed by atoms with Crippen LogP contribution in [0.4, 0.5) is 22.9 Å². The van der Waals surface area contributed by atoms with Gasteiger partial charge < -0.3 is 15.0 Å². The third-order valence-electron chi connectivity index (χ3n) is 7.11. The number of aromatic nitrogens is 3. The Morgan fingerprint density at radius 2 is 1.76 bits per heavy atom. The van der Waals surface area contributed by atoms with Crippen LogP contribution in [-0.4, -0.2) is 33.0 Å². The zero-order valence-electron chi connectivity index (χ0n) is 22.5. The monoisotopic (exact) mass is 559 g/mol. The summed E-state index contributed by atoms with van der Waals surface area (Å²) in [5.41, 5.74) is 5.42. The minimum absolute atomic E-state index is 0.274. The fourth-order valence-electron chi connectivity index (χ4n) is 5.41. The van der Waals surface area contributed by atoms with Gasteiger partial charge in [0, 0.05) is 16.8 Å². The first-order valence-corrected chi connectivity index (χ1v) is 13.8. The van der Waals surface area contributed by atoms with E-state index in [1.54, 1.807) is 10.9 Å². The molecule has 1 N–H and O–H groups in total. The molecule has 2 aliphatic rings. The third-order valence-corrected chi connectivity index (χ3v) is 7.34. The number of rotatable bonds is 5. The highest BCUT2D eigenvalue weighted by Crippen LogP contribution is 2.48. The molecule has 7 rings (SSSR count). The van der Waals surface area contributed by atoms with Crippen LogP contribution in [-0.2, 0) is 0 Å². The Bertz CT molecular complexity index is 1830. The molecule has 8 nitrogen and oxygen atoms in total. The van der Waals surface area contributed by atoms with Crippen molar-refractivity contribution in [2.75, 3.05) is 16.8 Å². The number of anilines is 2. The van der Waals surface area contributed by atoms with Gasteiger partial charge in [0.25, 0.3) is 0 Å².